The first kappa shape index (κ1) is 22.4. The molecule has 2 aromatic heterocycles. The highest BCUT2D eigenvalue weighted by Crippen LogP contribution is 2.22. The van der Waals surface area contributed by atoms with Crippen LogP contribution in [0.2, 0.25) is 0 Å². The minimum absolute atomic E-state index is 0.131. The van der Waals surface area contributed by atoms with E-state index in [1.54, 1.807) is 17.2 Å². The summed E-state index contributed by atoms with van der Waals surface area (Å²) in [5, 5.41) is 2.36. The van der Waals surface area contributed by atoms with Gasteiger partial charge in [0.25, 0.3) is 15.9 Å². The van der Waals surface area contributed by atoms with Gasteiger partial charge in [0.05, 0.1) is 11.6 Å². The molecule has 0 spiro atoms. The van der Waals surface area contributed by atoms with Crippen LogP contribution in [0.25, 0.3) is 0 Å². The molecule has 0 unspecified atom stereocenters. The highest BCUT2D eigenvalue weighted by Gasteiger charge is 2.33. The van der Waals surface area contributed by atoms with Crippen molar-refractivity contribution in [1.29, 1.82) is 0 Å². The average Bonchev–Trinajstić information content (AvgIpc) is 3.37. The highest BCUT2D eigenvalue weighted by molar-refractivity contribution is 7.89. The first-order chi connectivity index (χ1) is 14.2. The molecule has 0 aromatic carbocycles. The third-order valence-electron chi connectivity index (χ3n) is 4.53. The molecule has 0 saturated carbocycles. The number of amides is 1. The van der Waals surface area contributed by atoms with Crippen molar-refractivity contribution < 1.29 is 27.2 Å². The van der Waals surface area contributed by atoms with E-state index < -0.39 is 16.0 Å². The van der Waals surface area contributed by atoms with Crippen molar-refractivity contribution in [3.63, 3.8) is 0 Å². The number of rotatable bonds is 7. The monoisotopic (exact) mass is 455 g/mol. The fourth-order valence-electron chi connectivity index (χ4n) is 3.04. The summed E-state index contributed by atoms with van der Waals surface area (Å²) in [5.41, 5.74) is 0.400. The standard InChI is InChI=1S/C19H25N3O6S2/c1-4-27-19(24)15-5-6-17(28-15)30(25,26)22-9-7-21(8-10-22)18(23)14-12-29-16(20-14)11-13(2)3/h5-6,12-13H,4,7-11H2,1-3H3. The van der Waals surface area contributed by atoms with Crippen molar-refractivity contribution in [2.24, 2.45) is 5.92 Å². The maximum absolute atomic E-state index is 12.8. The Kier molecular flexibility index (Phi) is 6.94. The maximum Gasteiger partial charge on any atom is 0.374 e. The van der Waals surface area contributed by atoms with Crippen molar-refractivity contribution in [2.75, 3.05) is 32.8 Å². The first-order valence-electron chi connectivity index (χ1n) is 9.73. The molecule has 0 atom stereocenters. The van der Waals surface area contributed by atoms with Gasteiger partial charge in [0, 0.05) is 38.0 Å². The lowest BCUT2D eigenvalue weighted by Gasteiger charge is -2.33. The molecule has 1 aliphatic heterocycles. The molecule has 164 valence electrons. The van der Waals surface area contributed by atoms with Crippen molar-refractivity contribution in [1.82, 2.24) is 14.2 Å². The Labute approximate surface area is 179 Å². The van der Waals surface area contributed by atoms with Gasteiger partial charge in [-0.25, -0.2) is 18.2 Å². The summed E-state index contributed by atoms with van der Waals surface area (Å²) in [6, 6.07) is 2.52. The van der Waals surface area contributed by atoms with Gasteiger partial charge in [-0.05, 0) is 25.0 Å². The molecule has 1 saturated heterocycles. The van der Waals surface area contributed by atoms with E-state index in [0.29, 0.717) is 11.6 Å². The summed E-state index contributed by atoms with van der Waals surface area (Å²) in [7, 11) is -3.91. The van der Waals surface area contributed by atoms with Gasteiger partial charge < -0.3 is 14.1 Å². The summed E-state index contributed by atoms with van der Waals surface area (Å²) < 4.78 is 36.9. The largest absolute Gasteiger partial charge is 0.460 e. The number of nitrogens with zero attached hydrogens (tertiary/aromatic N) is 3. The van der Waals surface area contributed by atoms with Crippen molar-refractivity contribution in [2.45, 2.75) is 32.3 Å². The van der Waals surface area contributed by atoms with Crippen LogP contribution < -0.4 is 0 Å². The minimum Gasteiger partial charge on any atom is -0.460 e. The third-order valence-corrected chi connectivity index (χ3v) is 7.18. The van der Waals surface area contributed by atoms with Crippen LogP contribution in [0, 0.1) is 5.92 Å². The van der Waals surface area contributed by atoms with E-state index in [1.807, 2.05) is 0 Å². The Balaban J connectivity index is 1.62. The Morgan fingerprint density at radius 3 is 2.57 bits per heavy atom. The van der Waals surface area contributed by atoms with Gasteiger partial charge >= 0.3 is 5.97 Å². The number of furan rings is 1. The number of piperazine rings is 1. The van der Waals surface area contributed by atoms with Gasteiger partial charge in [-0.2, -0.15) is 4.31 Å². The molecule has 0 bridgehead atoms. The molecular weight excluding hydrogens is 430 g/mol. The number of carbonyl (C=O) groups is 2. The van der Waals surface area contributed by atoms with Crippen LogP contribution in [0.4, 0.5) is 0 Å². The Bertz CT molecular complexity index is 1000. The molecule has 9 nitrogen and oxygen atoms in total. The molecule has 1 aliphatic rings. The van der Waals surface area contributed by atoms with Gasteiger partial charge in [-0.3, -0.25) is 4.79 Å². The second-order valence-corrected chi connectivity index (χ2v) is 10.1. The molecule has 0 radical (unpaired) electrons. The predicted octanol–water partition coefficient (Wildman–Crippen LogP) is 2.26. The van der Waals surface area contributed by atoms with E-state index in [9.17, 15) is 18.0 Å². The zero-order valence-corrected chi connectivity index (χ0v) is 18.8. The van der Waals surface area contributed by atoms with Gasteiger partial charge in [0.15, 0.2) is 0 Å². The smallest absolute Gasteiger partial charge is 0.374 e. The SMILES string of the molecule is CCOC(=O)c1ccc(S(=O)(=O)N2CCN(C(=O)c3csc(CC(C)C)n3)CC2)o1. The number of esters is 1. The number of thiazole rings is 1. The zero-order chi connectivity index (χ0) is 21.9. The molecule has 0 aliphatic carbocycles. The summed E-state index contributed by atoms with van der Waals surface area (Å²) in [4.78, 5) is 30.4. The molecule has 2 aromatic rings. The van der Waals surface area contributed by atoms with E-state index in [0.717, 1.165) is 11.4 Å². The van der Waals surface area contributed by atoms with E-state index >= 15 is 0 Å². The van der Waals surface area contributed by atoms with Crippen LogP contribution in [-0.2, 0) is 21.2 Å². The van der Waals surface area contributed by atoms with Crippen molar-refractivity contribution >= 4 is 33.2 Å². The van der Waals surface area contributed by atoms with Crippen LogP contribution in [0.15, 0.2) is 27.0 Å². The number of aromatic nitrogens is 1. The Hall–Kier alpha value is -2.24. The zero-order valence-electron chi connectivity index (χ0n) is 17.2. The third kappa shape index (κ3) is 4.90. The molecule has 1 amide bonds. The quantitative estimate of drug-likeness (QED) is 0.589. The fraction of sp³-hybridized carbons (Fsp3) is 0.526. The molecular formula is C19H25N3O6S2. The first-order valence-corrected chi connectivity index (χ1v) is 12.0. The second kappa shape index (κ2) is 9.27. The lowest BCUT2D eigenvalue weighted by atomic mass is 10.1. The topological polar surface area (TPSA) is 110 Å². The highest BCUT2D eigenvalue weighted by atomic mass is 32.2. The molecule has 30 heavy (non-hydrogen) atoms. The normalized spacial score (nSPS) is 15.5. The van der Waals surface area contributed by atoms with Gasteiger partial charge in [0.2, 0.25) is 10.9 Å². The van der Waals surface area contributed by atoms with Crippen molar-refractivity contribution in [3.05, 3.63) is 34.0 Å². The van der Waals surface area contributed by atoms with Crippen molar-refractivity contribution in [3.8, 4) is 0 Å². The molecule has 3 rings (SSSR count). The molecule has 0 N–H and O–H groups in total. The summed E-state index contributed by atoms with van der Waals surface area (Å²) in [5.74, 6) is -0.612. The van der Waals surface area contributed by atoms with E-state index in [1.165, 1.54) is 27.8 Å². The van der Waals surface area contributed by atoms with Gasteiger partial charge in [-0.1, -0.05) is 13.8 Å². The number of ether oxygens (including phenoxy) is 1. The summed E-state index contributed by atoms with van der Waals surface area (Å²) in [6.45, 7) is 6.76. The molecule has 1 fully saturated rings. The number of hydrogen-bond donors (Lipinski definition) is 0. The average molecular weight is 456 g/mol. The van der Waals surface area contributed by atoms with Crippen LogP contribution in [0.3, 0.4) is 0 Å². The number of sulfonamides is 1. The molecule has 11 heteroatoms. The molecule has 3 heterocycles. The van der Waals surface area contributed by atoms with Gasteiger partial charge in [0.1, 0.15) is 5.69 Å². The fourth-order valence-corrected chi connectivity index (χ4v) is 5.36. The number of hydrogen-bond acceptors (Lipinski definition) is 8. The maximum atomic E-state index is 12.8. The van der Waals surface area contributed by atoms with E-state index in [-0.39, 0.29) is 49.5 Å². The van der Waals surface area contributed by atoms with E-state index in [4.69, 9.17) is 9.15 Å². The van der Waals surface area contributed by atoms with Crippen LogP contribution in [0.1, 0.15) is 46.8 Å². The predicted molar refractivity (Wildman–Crippen MR) is 110 cm³/mol. The minimum atomic E-state index is -3.91. The van der Waals surface area contributed by atoms with Crippen LogP contribution >= 0.6 is 11.3 Å². The lowest BCUT2D eigenvalue weighted by molar-refractivity contribution is 0.0483. The van der Waals surface area contributed by atoms with E-state index in [2.05, 4.69) is 18.8 Å². The summed E-state index contributed by atoms with van der Waals surface area (Å²) >= 11 is 1.47. The summed E-state index contributed by atoms with van der Waals surface area (Å²) in [6.07, 6.45) is 0.820. The Morgan fingerprint density at radius 1 is 1.23 bits per heavy atom. The van der Waals surface area contributed by atoms with Crippen LogP contribution in [0.5, 0.6) is 0 Å². The number of carbonyl (C=O) groups excluding carboxylic acids is 2. The second-order valence-electron chi connectivity index (χ2n) is 7.26. The van der Waals surface area contributed by atoms with Crippen LogP contribution in [-0.4, -0.2) is 67.3 Å². The van der Waals surface area contributed by atoms with Gasteiger partial charge in [-0.15, -0.1) is 11.3 Å². The Morgan fingerprint density at radius 2 is 1.93 bits per heavy atom. The lowest BCUT2D eigenvalue weighted by Crippen LogP contribution is -2.50.